The lowest BCUT2D eigenvalue weighted by atomic mass is 10.1. The van der Waals surface area contributed by atoms with E-state index in [1.807, 2.05) is 78.8 Å². The van der Waals surface area contributed by atoms with Crippen LogP contribution in [0.15, 0.2) is 36.4 Å². The van der Waals surface area contributed by atoms with Crippen LogP contribution in [0.5, 0.6) is 5.75 Å². The Kier molecular flexibility index (Phi) is 7.88. The highest BCUT2D eigenvalue weighted by atomic mass is 16.5. The van der Waals surface area contributed by atoms with Gasteiger partial charge in [0.2, 0.25) is 5.91 Å². The van der Waals surface area contributed by atoms with E-state index in [-0.39, 0.29) is 24.0 Å². The first-order valence-corrected chi connectivity index (χ1v) is 10.7. The molecule has 2 amide bonds. The van der Waals surface area contributed by atoms with Crippen LogP contribution in [0.25, 0.3) is 0 Å². The van der Waals surface area contributed by atoms with E-state index in [1.165, 1.54) is 0 Å². The maximum atomic E-state index is 13.2. The van der Waals surface area contributed by atoms with E-state index >= 15 is 0 Å². The van der Waals surface area contributed by atoms with Crippen LogP contribution in [-0.4, -0.2) is 34.9 Å². The number of amides is 2. The Morgan fingerprint density at radius 3 is 2.32 bits per heavy atom. The first-order valence-electron chi connectivity index (χ1n) is 10.7. The summed E-state index contributed by atoms with van der Waals surface area (Å²) in [6, 6.07) is 11.4. The molecule has 2 rings (SSSR count). The quantitative estimate of drug-likeness (QED) is 0.705. The third kappa shape index (κ3) is 7.12. The Bertz CT molecular complexity index is 944. The number of nitrogens with zero attached hydrogens (tertiary/aromatic N) is 1. The highest BCUT2D eigenvalue weighted by Gasteiger charge is 2.28. The van der Waals surface area contributed by atoms with Crippen LogP contribution >= 0.6 is 0 Å². The molecular formula is C26H36N2O3. The molecule has 0 fully saturated rings. The van der Waals surface area contributed by atoms with Gasteiger partial charge in [0, 0.05) is 12.1 Å². The minimum Gasteiger partial charge on any atom is -0.483 e. The van der Waals surface area contributed by atoms with Gasteiger partial charge in [-0.3, -0.25) is 9.59 Å². The number of aryl methyl sites for hydroxylation is 3. The molecule has 0 radical (unpaired) electrons. The standard InChI is InChI=1S/C26H36N2O3/c1-17-10-9-11-22(13-17)15-28(21(5)25(30)27-26(6,7)8)24(29)16-31-23-14-18(2)12-19(3)20(23)4/h9-14,21H,15-16H2,1-8H3,(H,27,30). The highest BCUT2D eigenvalue weighted by molar-refractivity contribution is 5.88. The van der Waals surface area contributed by atoms with Crippen molar-refractivity contribution in [1.82, 2.24) is 10.2 Å². The maximum Gasteiger partial charge on any atom is 0.261 e. The molecule has 5 nitrogen and oxygen atoms in total. The summed E-state index contributed by atoms with van der Waals surface area (Å²) in [6.07, 6.45) is 0. The van der Waals surface area contributed by atoms with Crippen LogP contribution in [0.2, 0.25) is 0 Å². The highest BCUT2D eigenvalue weighted by Crippen LogP contribution is 2.23. The summed E-state index contributed by atoms with van der Waals surface area (Å²) < 4.78 is 5.91. The molecule has 1 N–H and O–H groups in total. The molecule has 2 aromatic carbocycles. The van der Waals surface area contributed by atoms with Gasteiger partial charge in [-0.2, -0.15) is 0 Å². The van der Waals surface area contributed by atoms with E-state index in [9.17, 15) is 9.59 Å². The summed E-state index contributed by atoms with van der Waals surface area (Å²) in [5.74, 6) is 0.292. The second-order valence-corrected chi connectivity index (χ2v) is 9.42. The van der Waals surface area contributed by atoms with E-state index in [0.29, 0.717) is 12.3 Å². The molecule has 168 valence electrons. The molecule has 0 aliphatic heterocycles. The minimum atomic E-state index is -0.629. The second-order valence-electron chi connectivity index (χ2n) is 9.42. The average Bonchev–Trinajstić information content (AvgIpc) is 2.65. The van der Waals surface area contributed by atoms with Gasteiger partial charge in [-0.1, -0.05) is 35.9 Å². The van der Waals surface area contributed by atoms with Crippen molar-refractivity contribution in [3.8, 4) is 5.75 Å². The summed E-state index contributed by atoms with van der Waals surface area (Å²) in [6.45, 7) is 15.8. The third-order valence-electron chi connectivity index (χ3n) is 5.22. The number of ether oxygens (including phenoxy) is 1. The summed E-state index contributed by atoms with van der Waals surface area (Å²) >= 11 is 0. The Hall–Kier alpha value is -2.82. The monoisotopic (exact) mass is 424 g/mol. The van der Waals surface area contributed by atoms with Gasteiger partial charge in [-0.05, 0) is 83.7 Å². The Labute approximate surface area is 186 Å². The molecule has 0 aromatic heterocycles. The number of carbonyl (C=O) groups is 2. The molecule has 0 aliphatic rings. The van der Waals surface area contributed by atoms with Crippen molar-refractivity contribution in [1.29, 1.82) is 0 Å². The van der Waals surface area contributed by atoms with Crippen molar-refractivity contribution in [2.75, 3.05) is 6.61 Å². The second kappa shape index (κ2) is 9.99. The summed E-state index contributed by atoms with van der Waals surface area (Å²) in [7, 11) is 0. The van der Waals surface area contributed by atoms with Gasteiger partial charge in [-0.25, -0.2) is 0 Å². The largest absolute Gasteiger partial charge is 0.483 e. The van der Waals surface area contributed by atoms with E-state index in [2.05, 4.69) is 11.4 Å². The molecule has 1 unspecified atom stereocenters. The Morgan fingerprint density at radius 2 is 1.71 bits per heavy atom. The molecule has 0 heterocycles. The van der Waals surface area contributed by atoms with E-state index in [1.54, 1.807) is 11.8 Å². The number of benzene rings is 2. The fourth-order valence-corrected chi connectivity index (χ4v) is 3.44. The Morgan fingerprint density at radius 1 is 1.03 bits per heavy atom. The van der Waals surface area contributed by atoms with Crippen LogP contribution in [0, 0.1) is 27.7 Å². The van der Waals surface area contributed by atoms with Gasteiger partial charge in [0.25, 0.3) is 5.91 Å². The zero-order valence-corrected chi connectivity index (χ0v) is 20.1. The summed E-state index contributed by atoms with van der Waals surface area (Å²) in [5, 5.41) is 2.98. The number of rotatable bonds is 7. The molecule has 1 atom stereocenters. The van der Waals surface area contributed by atoms with Crippen LogP contribution in [0.1, 0.15) is 55.5 Å². The molecular weight excluding hydrogens is 388 g/mol. The van der Waals surface area contributed by atoms with Gasteiger partial charge >= 0.3 is 0 Å². The van der Waals surface area contributed by atoms with Crippen molar-refractivity contribution < 1.29 is 14.3 Å². The number of hydrogen-bond donors (Lipinski definition) is 1. The first kappa shape index (κ1) is 24.4. The number of hydrogen-bond acceptors (Lipinski definition) is 3. The topological polar surface area (TPSA) is 58.6 Å². The van der Waals surface area contributed by atoms with Crippen LogP contribution in [0.3, 0.4) is 0 Å². The van der Waals surface area contributed by atoms with Crippen molar-refractivity contribution in [2.45, 2.75) is 73.5 Å². The lowest BCUT2D eigenvalue weighted by molar-refractivity contribution is -0.142. The predicted octanol–water partition coefficient (Wildman–Crippen LogP) is 4.63. The first-order chi connectivity index (χ1) is 14.4. The zero-order valence-electron chi connectivity index (χ0n) is 20.1. The van der Waals surface area contributed by atoms with E-state index in [4.69, 9.17) is 4.74 Å². The van der Waals surface area contributed by atoms with Crippen LogP contribution < -0.4 is 10.1 Å². The lowest BCUT2D eigenvalue weighted by Gasteiger charge is -2.31. The van der Waals surface area contributed by atoms with Crippen molar-refractivity contribution in [3.05, 3.63) is 64.2 Å². The Balaban J connectivity index is 2.24. The smallest absolute Gasteiger partial charge is 0.261 e. The van der Waals surface area contributed by atoms with E-state index < -0.39 is 6.04 Å². The zero-order chi connectivity index (χ0) is 23.3. The molecule has 0 bridgehead atoms. The van der Waals surface area contributed by atoms with Gasteiger partial charge < -0.3 is 15.0 Å². The lowest BCUT2D eigenvalue weighted by Crippen LogP contribution is -2.53. The SMILES string of the molecule is Cc1cccc(CN(C(=O)COc2cc(C)cc(C)c2C)C(C)C(=O)NC(C)(C)C)c1. The fourth-order valence-electron chi connectivity index (χ4n) is 3.44. The van der Waals surface area contributed by atoms with Crippen LogP contribution in [0.4, 0.5) is 0 Å². The van der Waals surface area contributed by atoms with E-state index in [0.717, 1.165) is 27.8 Å². The fraction of sp³-hybridized carbons (Fsp3) is 0.462. The van der Waals surface area contributed by atoms with Gasteiger partial charge in [0.05, 0.1) is 0 Å². The number of carbonyl (C=O) groups excluding carboxylic acids is 2. The number of nitrogens with one attached hydrogen (secondary N) is 1. The van der Waals surface area contributed by atoms with Gasteiger partial charge in [0.15, 0.2) is 6.61 Å². The molecule has 31 heavy (non-hydrogen) atoms. The molecule has 0 saturated heterocycles. The normalized spacial score (nSPS) is 12.3. The summed E-state index contributed by atoms with van der Waals surface area (Å²) in [4.78, 5) is 27.6. The van der Waals surface area contributed by atoms with Gasteiger partial charge in [0.1, 0.15) is 11.8 Å². The maximum absolute atomic E-state index is 13.2. The molecule has 0 aliphatic carbocycles. The third-order valence-corrected chi connectivity index (χ3v) is 5.22. The molecule has 0 saturated carbocycles. The van der Waals surface area contributed by atoms with Crippen molar-refractivity contribution in [3.63, 3.8) is 0 Å². The molecule has 0 spiro atoms. The van der Waals surface area contributed by atoms with Gasteiger partial charge in [-0.15, -0.1) is 0 Å². The molecule has 2 aromatic rings. The minimum absolute atomic E-state index is 0.122. The average molecular weight is 425 g/mol. The molecule has 5 heteroatoms. The summed E-state index contributed by atoms with van der Waals surface area (Å²) in [5.41, 5.74) is 4.93. The van der Waals surface area contributed by atoms with Crippen molar-refractivity contribution >= 4 is 11.8 Å². The predicted molar refractivity (Wildman–Crippen MR) is 125 cm³/mol. The van der Waals surface area contributed by atoms with Crippen molar-refractivity contribution in [2.24, 2.45) is 0 Å². The van der Waals surface area contributed by atoms with Crippen LogP contribution in [-0.2, 0) is 16.1 Å².